The highest BCUT2D eigenvalue weighted by Crippen LogP contribution is 2.13. The zero-order valence-electron chi connectivity index (χ0n) is 12.0. The standard InChI is InChI=1S/C13H27N3O.2ClH/c1-15(12-13-4-2-3-11-17-13)9-10-16-7-5-14-6-8-16;;/h13-14H,2-12H2,1H3;2*1H. The van der Waals surface area contributed by atoms with Crippen LogP contribution in [-0.2, 0) is 4.74 Å². The van der Waals surface area contributed by atoms with Crippen molar-refractivity contribution in [3.8, 4) is 0 Å². The molecule has 0 aliphatic carbocycles. The number of ether oxygens (including phenoxy) is 1. The summed E-state index contributed by atoms with van der Waals surface area (Å²) in [6.07, 6.45) is 4.33. The highest BCUT2D eigenvalue weighted by Gasteiger charge is 2.16. The summed E-state index contributed by atoms with van der Waals surface area (Å²) >= 11 is 0. The van der Waals surface area contributed by atoms with E-state index in [-0.39, 0.29) is 24.8 Å². The van der Waals surface area contributed by atoms with Gasteiger partial charge in [-0.1, -0.05) is 0 Å². The lowest BCUT2D eigenvalue weighted by Gasteiger charge is -2.31. The minimum Gasteiger partial charge on any atom is -0.377 e. The van der Waals surface area contributed by atoms with Crippen LogP contribution in [0, 0.1) is 0 Å². The predicted molar refractivity (Wildman–Crippen MR) is 84.9 cm³/mol. The van der Waals surface area contributed by atoms with E-state index in [4.69, 9.17) is 4.74 Å². The summed E-state index contributed by atoms with van der Waals surface area (Å²) in [7, 11) is 2.22. The smallest absolute Gasteiger partial charge is 0.0701 e. The van der Waals surface area contributed by atoms with Gasteiger partial charge >= 0.3 is 0 Å². The van der Waals surface area contributed by atoms with Crippen molar-refractivity contribution in [2.75, 3.05) is 59.5 Å². The van der Waals surface area contributed by atoms with Gasteiger partial charge in [-0.3, -0.25) is 4.90 Å². The number of hydrogen-bond donors (Lipinski definition) is 1. The minimum atomic E-state index is 0. The molecule has 0 radical (unpaired) electrons. The number of piperazine rings is 1. The fourth-order valence-corrected chi connectivity index (χ4v) is 2.64. The monoisotopic (exact) mass is 313 g/mol. The molecule has 1 unspecified atom stereocenters. The lowest BCUT2D eigenvalue weighted by Crippen LogP contribution is -2.46. The third-order valence-corrected chi connectivity index (χ3v) is 3.80. The molecule has 0 bridgehead atoms. The largest absolute Gasteiger partial charge is 0.377 e. The second-order valence-corrected chi connectivity index (χ2v) is 5.34. The molecular weight excluding hydrogens is 285 g/mol. The van der Waals surface area contributed by atoms with E-state index < -0.39 is 0 Å². The number of rotatable bonds is 5. The Hall–Kier alpha value is 0.420. The topological polar surface area (TPSA) is 27.7 Å². The first kappa shape index (κ1) is 19.4. The first-order valence-electron chi connectivity index (χ1n) is 7.08. The summed E-state index contributed by atoms with van der Waals surface area (Å²) in [6.45, 7) is 9.14. The molecule has 0 aromatic heterocycles. The molecule has 0 amide bonds. The molecule has 2 rings (SSSR count). The fourth-order valence-electron chi connectivity index (χ4n) is 2.64. The summed E-state index contributed by atoms with van der Waals surface area (Å²) in [5.74, 6) is 0. The Labute approximate surface area is 130 Å². The van der Waals surface area contributed by atoms with Crippen molar-refractivity contribution in [3.63, 3.8) is 0 Å². The molecule has 0 aromatic rings. The lowest BCUT2D eigenvalue weighted by atomic mass is 10.1. The first-order valence-corrected chi connectivity index (χ1v) is 7.08. The Kier molecular flexibility index (Phi) is 11.4. The number of nitrogens with one attached hydrogen (secondary N) is 1. The minimum absolute atomic E-state index is 0. The SMILES string of the molecule is CN(CCN1CCNCC1)CC1CCCCO1.Cl.Cl. The summed E-state index contributed by atoms with van der Waals surface area (Å²) in [4.78, 5) is 4.98. The quantitative estimate of drug-likeness (QED) is 0.826. The molecule has 1 atom stereocenters. The molecule has 4 nitrogen and oxygen atoms in total. The average molecular weight is 314 g/mol. The summed E-state index contributed by atoms with van der Waals surface area (Å²) < 4.78 is 5.78. The lowest BCUT2D eigenvalue weighted by molar-refractivity contribution is -0.00262. The summed E-state index contributed by atoms with van der Waals surface area (Å²) in [5.41, 5.74) is 0. The predicted octanol–water partition coefficient (Wildman–Crippen LogP) is 1.24. The van der Waals surface area contributed by atoms with Crippen LogP contribution in [0.3, 0.4) is 0 Å². The molecule has 1 N–H and O–H groups in total. The van der Waals surface area contributed by atoms with Gasteiger partial charge in [-0.2, -0.15) is 0 Å². The van der Waals surface area contributed by atoms with Gasteiger partial charge in [0.05, 0.1) is 6.10 Å². The number of nitrogens with zero attached hydrogens (tertiary/aromatic N) is 2. The molecule has 0 saturated carbocycles. The fraction of sp³-hybridized carbons (Fsp3) is 1.00. The van der Waals surface area contributed by atoms with Crippen LogP contribution in [0.5, 0.6) is 0 Å². The van der Waals surface area contributed by atoms with Crippen LogP contribution >= 0.6 is 24.8 Å². The van der Waals surface area contributed by atoms with Crippen LogP contribution in [0.25, 0.3) is 0 Å². The van der Waals surface area contributed by atoms with E-state index in [1.807, 2.05) is 0 Å². The Morgan fingerprint density at radius 1 is 1.21 bits per heavy atom. The van der Waals surface area contributed by atoms with E-state index in [1.165, 1.54) is 45.4 Å². The van der Waals surface area contributed by atoms with Gasteiger partial charge < -0.3 is 15.0 Å². The van der Waals surface area contributed by atoms with E-state index in [1.54, 1.807) is 0 Å². The second kappa shape index (κ2) is 11.1. The highest BCUT2D eigenvalue weighted by molar-refractivity contribution is 5.85. The van der Waals surface area contributed by atoms with Gasteiger partial charge in [0.2, 0.25) is 0 Å². The molecule has 6 heteroatoms. The van der Waals surface area contributed by atoms with Crippen LogP contribution in [0.1, 0.15) is 19.3 Å². The van der Waals surface area contributed by atoms with Gasteiger partial charge in [0, 0.05) is 52.4 Å². The molecule has 116 valence electrons. The van der Waals surface area contributed by atoms with Crippen LogP contribution in [0.15, 0.2) is 0 Å². The van der Waals surface area contributed by atoms with Crippen molar-refractivity contribution in [2.45, 2.75) is 25.4 Å². The third-order valence-electron chi connectivity index (χ3n) is 3.80. The van der Waals surface area contributed by atoms with Crippen molar-refractivity contribution in [2.24, 2.45) is 0 Å². The molecule has 2 fully saturated rings. The van der Waals surface area contributed by atoms with Gasteiger partial charge in [0.25, 0.3) is 0 Å². The van der Waals surface area contributed by atoms with Crippen molar-refractivity contribution in [1.82, 2.24) is 15.1 Å². The zero-order valence-corrected chi connectivity index (χ0v) is 13.6. The van der Waals surface area contributed by atoms with Gasteiger partial charge in [-0.25, -0.2) is 0 Å². The normalized spacial score (nSPS) is 24.6. The molecule has 2 heterocycles. The van der Waals surface area contributed by atoms with Gasteiger partial charge in [0.15, 0.2) is 0 Å². The van der Waals surface area contributed by atoms with Crippen molar-refractivity contribution >= 4 is 24.8 Å². The summed E-state index contributed by atoms with van der Waals surface area (Å²) in [5, 5.41) is 3.39. The van der Waals surface area contributed by atoms with Crippen LogP contribution in [0.2, 0.25) is 0 Å². The molecule has 19 heavy (non-hydrogen) atoms. The Morgan fingerprint density at radius 3 is 2.58 bits per heavy atom. The molecule has 2 saturated heterocycles. The van der Waals surface area contributed by atoms with E-state index in [9.17, 15) is 0 Å². The summed E-state index contributed by atoms with van der Waals surface area (Å²) in [6, 6.07) is 0. The number of halogens is 2. The first-order chi connectivity index (χ1) is 8.34. The second-order valence-electron chi connectivity index (χ2n) is 5.34. The van der Waals surface area contributed by atoms with Crippen molar-refractivity contribution < 1.29 is 4.74 Å². The molecular formula is C13H29Cl2N3O. The zero-order chi connectivity index (χ0) is 11.9. The molecule has 2 aliphatic heterocycles. The van der Waals surface area contributed by atoms with Crippen LogP contribution in [0.4, 0.5) is 0 Å². The maximum absolute atomic E-state index is 5.78. The molecule has 0 spiro atoms. The van der Waals surface area contributed by atoms with E-state index in [0.717, 1.165) is 26.2 Å². The van der Waals surface area contributed by atoms with E-state index >= 15 is 0 Å². The van der Waals surface area contributed by atoms with Crippen LogP contribution in [-0.4, -0.2) is 75.4 Å². The van der Waals surface area contributed by atoms with E-state index in [0.29, 0.717) is 6.10 Å². The Balaban J connectivity index is 0.00000162. The van der Waals surface area contributed by atoms with Gasteiger partial charge in [-0.05, 0) is 26.3 Å². The van der Waals surface area contributed by atoms with Crippen molar-refractivity contribution in [3.05, 3.63) is 0 Å². The Bertz CT molecular complexity index is 210. The average Bonchev–Trinajstić information content (AvgIpc) is 2.39. The number of likely N-dealkylation sites (N-methyl/N-ethyl adjacent to an activating group) is 1. The van der Waals surface area contributed by atoms with Crippen molar-refractivity contribution in [1.29, 1.82) is 0 Å². The third kappa shape index (κ3) is 7.69. The Morgan fingerprint density at radius 2 is 1.95 bits per heavy atom. The molecule has 0 aromatic carbocycles. The molecule has 2 aliphatic rings. The highest BCUT2D eigenvalue weighted by atomic mass is 35.5. The number of hydrogen-bond acceptors (Lipinski definition) is 4. The van der Waals surface area contributed by atoms with E-state index in [2.05, 4.69) is 22.2 Å². The maximum atomic E-state index is 5.78. The van der Waals surface area contributed by atoms with Crippen LogP contribution < -0.4 is 5.32 Å². The van der Waals surface area contributed by atoms with Gasteiger partial charge in [0.1, 0.15) is 0 Å². The van der Waals surface area contributed by atoms with Gasteiger partial charge in [-0.15, -0.1) is 24.8 Å². The maximum Gasteiger partial charge on any atom is 0.0701 e.